The fourth-order valence-corrected chi connectivity index (χ4v) is 0.986. The average Bonchev–Trinajstić information content (AvgIpc) is 2.34. The Morgan fingerprint density at radius 3 is 2.59 bits per heavy atom. The van der Waals surface area contributed by atoms with Crippen LogP contribution in [-0.2, 0) is 14.3 Å². The number of carbonyl (C=O) groups is 2. The van der Waals surface area contributed by atoms with Gasteiger partial charge in [0.15, 0.2) is 0 Å². The maximum absolute atomic E-state index is 11.5. The second kappa shape index (κ2) is 8.61. The number of hydrogen-bond acceptors (Lipinski definition) is 4. The van der Waals surface area contributed by atoms with Crippen LogP contribution in [0.25, 0.3) is 0 Å². The highest BCUT2D eigenvalue weighted by Gasteiger charge is 2.24. The summed E-state index contributed by atoms with van der Waals surface area (Å²) < 4.78 is 9.82. The van der Waals surface area contributed by atoms with E-state index in [1.54, 1.807) is 6.92 Å². The van der Waals surface area contributed by atoms with Gasteiger partial charge in [-0.3, -0.25) is 4.90 Å². The monoisotopic (exact) mass is 243 g/mol. The van der Waals surface area contributed by atoms with Crippen LogP contribution < -0.4 is 0 Å². The third-order valence-corrected chi connectivity index (χ3v) is 2.28. The highest BCUT2D eigenvalue weighted by Crippen LogP contribution is 2.02. The van der Waals surface area contributed by atoms with Crippen molar-refractivity contribution in [2.75, 3.05) is 20.3 Å². The molecule has 5 nitrogen and oxygen atoms in total. The highest BCUT2D eigenvalue weighted by atomic mass is 16.6. The van der Waals surface area contributed by atoms with Crippen LogP contribution in [0, 0.1) is 0 Å². The van der Waals surface area contributed by atoms with E-state index >= 15 is 0 Å². The second-order valence-corrected chi connectivity index (χ2v) is 3.67. The zero-order valence-electron chi connectivity index (χ0n) is 10.8. The lowest BCUT2D eigenvalue weighted by molar-refractivity contribution is -0.148. The van der Waals surface area contributed by atoms with Crippen LogP contribution in [0.5, 0.6) is 0 Å². The van der Waals surface area contributed by atoms with E-state index in [0.717, 1.165) is 12.8 Å². The molecular weight excluding hydrogens is 222 g/mol. The minimum Gasteiger partial charge on any atom is -0.464 e. The molecule has 0 aromatic carbocycles. The minimum atomic E-state index is -0.649. The molecule has 0 aliphatic carbocycles. The zero-order valence-corrected chi connectivity index (χ0v) is 10.8. The lowest BCUT2D eigenvalue weighted by Crippen LogP contribution is -2.41. The number of esters is 1. The number of nitrogens with zero attached hydrogens (tertiary/aromatic N) is 1. The smallest absolute Gasteiger partial charge is 0.410 e. The van der Waals surface area contributed by atoms with Crippen LogP contribution in [0.1, 0.15) is 26.7 Å². The molecule has 0 spiro atoms. The summed E-state index contributed by atoms with van der Waals surface area (Å²) >= 11 is 0. The van der Waals surface area contributed by atoms with Gasteiger partial charge in [-0.1, -0.05) is 26.0 Å². The first-order chi connectivity index (χ1) is 8.04. The van der Waals surface area contributed by atoms with Gasteiger partial charge in [-0.05, 0) is 13.3 Å². The predicted molar refractivity (Wildman–Crippen MR) is 64.6 cm³/mol. The summed E-state index contributed by atoms with van der Waals surface area (Å²) in [4.78, 5) is 24.2. The molecular formula is C12H21NO4. The summed E-state index contributed by atoms with van der Waals surface area (Å²) in [5.41, 5.74) is 0. The Hall–Kier alpha value is -1.52. The summed E-state index contributed by atoms with van der Waals surface area (Å²) in [6.45, 7) is 7.55. The van der Waals surface area contributed by atoms with Gasteiger partial charge in [0, 0.05) is 7.05 Å². The first-order valence-electron chi connectivity index (χ1n) is 5.71. The molecule has 0 saturated carbocycles. The predicted octanol–water partition coefficient (Wildman–Crippen LogP) is 1.97. The number of rotatable bonds is 7. The molecule has 5 heteroatoms. The Morgan fingerprint density at radius 2 is 2.06 bits per heavy atom. The Morgan fingerprint density at radius 1 is 1.41 bits per heavy atom. The molecule has 0 fully saturated rings. The van der Waals surface area contributed by atoms with Crippen molar-refractivity contribution in [3.63, 3.8) is 0 Å². The van der Waals surface area contributed by atoms with Gasteiger partial charge in [0.1, 0.15) is 12.6 Å². The Bertz CT molecular complexity index is 265. The fraction of sp³-hybridized carbons (Fsp3) is 0.667. The number of amides is 1. The lowest BCUT2D eigenvalue weighted by atomic mass is 10.3. The van der Waals surface area contributed by atoms with E-state index in [1.807, 2.05) is 6.92 Å². The van der Waals surface area contributed by atoms with Crippen LogP contribution >= 0.6 is 0 Å². The molecule has 0 aliphatic heterocycles. The van der Waals surface area contributed by atoms with Crippen molar-refractivity contribution in [3.8, 4) is 0 Å². The Labute approximate surface area is 102 Å². The van der Waals surface area contributed by atoms with Crippen molar-refractivity contribution in [3.05, 3.63) is 12.7 Å². The SMILES string of the molecule is C=CCOC(=O)N(C)C(C)C(=O)OCCCC. The third-order valence-electron chi connectivity index (χ3n) is 2.28. The maximum atomic E-state index is 11.5. The van der Waals surface area contributed by atoms with Crippen LogP contribution in [0.2, 0.25) is 0 Å². The van der Waals surface area contributed by atoms with Crippen LogP contribution in [0.3, 0.4) is 0 Å². The van der Waals surface area contributed by atoms with E-state index in [4.69, 9.17) is 9.47 Å². The number of ether oxygens (including phenoxy) is 2. The molecule has 0 aromatic heterocycles. The third kappa shape index (κ3) is 5.94. The normalized spacial score (nSPS) is 11.5. The first kappa shape index (κ1) is 15.5. The van der Waals surface area contributed by atoms with Gasteiger partial charge in [-0.15, -0.1) is 0 Å². The van der Waals surface area contributed by atoms with Gasteiger partial charge in [0.2, 0.25) is 0 Å². The van der Waals surface area contributed by atoms with E-state index in [0.29, 0.717) is 6.61 Å². The topological polar surface area (TPSA) is 55.8 Å². The van der Waals surface area contributed by atoms with Gasteiger partial charge in [0.05, 0.1) is 6.61 Å². The van der Waals surface area contributed by atoms with Crippen molar-refractivity contribution >= 4 is 12.1 Å². The standard InChI is InChI=1S/C12H21NO4/c1-5-7-9-16-11(14)10(3)13(4)12(15)17-8-6-2/h6,10H,2,5,7-9H2,1,3-4H3. The number of hydrogen-bond donors (Lipinski definition) is 0. The number of carbonyl (C=O) groups excluding carboxylic acids is 2. The zero-order chi connectivity index (χ0) is 13.3. The summed E-state index contributed by atoms with van der Waals surface area (Å²) in [6, 6.07) is -0.649. The molecule has 0 N–H and O–H groups in total. The van der Waals surface area contributed by atoms with Gasteiger partial charge in [-0.2, -0.15) is 0 Å². The molecule has 1 unspecified atom stereocenters. The summed E-state index contributed by atoms with van der Waals surface area (Å²) in [5.74, 6) is -0.420. The van der Waals surface area contributed by atoms with Crippen LogP contribution in [-0.4, -0.2) is 43.3 Å². The molecule has 0 heterocycles. The lowest BCUT2D eigenvalue weighted by Gasteiger charge is -2.22. The molecule has 98 valence electrons. The molecule has 0 aromatic rings. The van der Waals surface area contributed by atoms with Crippen LogP contribution in [0.4, 0.5) is 4.79 Å². The molecule has 0 saturated heterocycles. The first-order valence-corrected chi connectivity index (χ1v) is 5.71. The molecule has 0 radical (unpaired) electrons. The van der Waals surface area contributed by atoms with E-state index in [-0.39, 0.29) is 6.61 Å². The molecule has 0 bridgehead atoms. The second-order valence-electron chi connectivity index (χ2n) is 3.67. The van der Waals surface area contributed by atoms with Crippen molar-refractivity contribution in [2.24, 2.45) is 0 Å². The highest BCUT2D eigenvalue weighted by molar-refractivity contribution is 5.80. The molecule has 1 amide bonds. The van der Waals surface area contributed by atoms with Gasteiger partial charge < -0.3 is 9.47 Å². The number of unbranched alkanes of at least 4 members (excludes halogenated alkanes) is 1. The Kier molecular flexibility index (Phi) is 7.84. The summed E-state index contributed by atoms with van der Waals surface area (Å²) in [6.07, 6.45) is 2.68. The van der Waals surface area contributed by atoms with Crippen molar-refractivity contribution < 1.29 is 19.1 Å². The van der Waals surface area contributed by atoms with Gasteiger partial charge >= 0.3 is 12.1 Å². The van der Waals surface area contributed by atoms with E-state index < -0.39 is 18.1 Å². The minimum absolute atomic E-state index is 0.126. The van der Waals surface area contributed by atoms with E-state index in [2.05, 4.69) is 6.58 Å². The Balaban J connectivity index is 4.09. The maximum Gasteiger partial charge on any atom is 0.410 e. The largest absolute Gasteiger partial charge is 0.464 e. The van der Waals surface area contributed by atoms with Crippen molar-refractivity contribution in [2.45, 2.75) is 32.7 Å². The van der Waals surface area contributed by atoms with E-state index in [1.165, 1.54) is 18.0 Å². The van der Waals surface area contributed by atoms with Crippen LogP contribution in [0.15, 0.2) is 12.7 Å². The van der Waals surface area contributed by atoms with Gasteiger partial charge in [-0.25, -0.2) is 9.59 Å². The molecule has 0 rings (SSSR count). The van der Waals surface area contributed by atoms with Crippen molar-refractivity contribution in [1.82, 2.24) is 4.90 Å². The van der Waals surface area contributed by atoms with Gasteiger partial charge in [0.25, 0.3) is 0 Å². The number of likely N-dealkylation sites (N-methyl/N-ethyl adjacent to an activating group) is 1. The fourth-order valence-electron chi connectivity index (χ4n) is 0.986. The van der Waals surface area contributed by atoms with Crippen molar-refractivity contribution in [1.29, 1.82) is 0 Å². The molecule has 0 aliphatic rings. The summed E-state index contributed by atoms with van der Waals surface area (Å²) in [5, 5.41) is 0. The quantitative estimate of drug-likeness (QED) is 0.390. The average molecular weight is 243 g/mol. The molecule has 17 heavy (non-hydrogen) atoms. The van der Waals surface area contributed by atoms with E-state index in [9.17, 15) is 9.59 Å². The summed E-state index contributed by atoms with van der Waals surface area (Å²) in [7, 11) is 1.50. The molecule has 1 atom stereocenters.